The number of carbonyl (C=O) groups is 3. The molecule has 0 aromatic rings. The molecule has 0 bridgehead atoms. The van der Waals surface area contributed by atoms with Crippen molar-refractivity contribution in [1.29, 1.82) is 0 Å². The predicted octanol–water partition coefficient (Wildman–Crippen LogP) is 1.37. The molecule has 0 aromatic heterocycles. The lowest BCUT2D eigenvalue weighted by Crippen LogP contribution is -2.48. The van der Waals surface area contributed by atoms with Gasteiger partial charge in [0, 0.05) is 18.1 Å². The van der Waals surface area contributed by atoms with E-state index < -0.39 is 59.8 Å². The number of fused-ring (bicyclic) bond motifs is 5. The summed E-state index contributed by atoms with van der Waals surface area (Å²) in [5.41, 5.74) is 0.564. The van der Waals surface area contributed by atoms with E-state index in [9.17, 15) is 19.5 Å². The molecule has 2 aliphatic heterocycles. The zero-order valence-corrected chi connectivity index (χ0v) is 17.6. The molecular formula is C22H26O8. The van der Waals surface area contributed by atoms with Crippen molar-refractivity contribution < 1.29 is 38.4 Å². The molecule has 0 aromatic carbocycles. The molecule has 1 N–H and O–H groups in total. The van der Waals surface area contributed by atoms with Crippen molar-refractivity contribution >= 4 is 17.9 Å². The molecule has 4 rings (SSSR count). The van der Waals surface area contributed by atoms with Gasteiger partial charge in [0.15, 0.2) is 12.2 Å². The maximum Gasteiger partial charge on any atom is 0.334 e. The summed E-state index contributed by atoms with van der Waals surface area (Å²) >= 11 is 0. The molecule has 1 saturated carbocycles. The topological polar surface area (TPSA) is 112 Å². The number of hydrogen-bond donors (Lipinski definition) is 1. The standard InChI is InChI=1S/C22H26O8/c1-7-8(2)20(24)30-17-13-10(4)21(25)29-16(13)14-12(9(3)15(17)27-11(5)23)18-19(28-18)22(14,6)26/h7,13-19,26H,4H2,1-3,5-6H3/b8-7-/t13-,14-,15+,16-,17+,18+,19+,22-/m0/s1. The number of carbonyl (C=O) groups excluding carboxylic acids is 3. The summed E-state index contributed by atoms with van der Waals surface area (Å²) in [5.74, 6) is -3.14. The third-order valence-electron chi connectivity index (χ3n) is 6.75. The number of esters is 3. The second-order valence-corrected chi connectivity index (χ2v) is 8.61. The van der Waals surface area contributed by atoms with Crippen LogP contribution in [0.1, 0.15) is 34.6 Å². The van der Waals surface area contributed by atoms with Gasteiger partial charge in [-0.3, -0.25) is 4.79 Å². The van der Waals surface area contributed by atoms with Crippen LogP contribution < -0.4 is 0 Å². The van der Waals surface area contributed by atoms with Crippen LogP contribution in [0.4, 0.5) is 0 Å². The normalized spacial score (nSPS) is 42.1. The largest absolute Gasteiger partial charge is 0.457 e. The van der Waals surface area contributed by atoms with Crippen molar-refractivity contribution in [2.75, 3.05) is 0 Å². The molecule has 162 valence electrons. The zero-order valence-electron chi connectivity index (χ0n) is 17.6. The third kappa shape index (κ3) is 2.85. The SMILES string of the molecule is C=C1C(=O)O[C@H]2[C@H]1[C@@H](OC(=O)/C(C)=C\C)[C@H](OC(C)=O)C(C)=C1[C@H]3O[C@H]3[C@@](C)(O)[C@@H]12. The highest BCUT2D eigenvalue weighted by molar-refractivity contribution is 5.92. The first-order valence-corrected chi connectivity index (χ1v) is 10.00. The van der Waals surface area contributed by atoms with Crippen LogP contribution in [0.3, 0.4) is 0 Å². The summed E-state index contributed by atoms with van der Waals surface area (Å²) in [5, 5.41) is 11.2. The minimum Gasteiger partial charge on any atom is -0.457 e. The fourth-order valence-corrected chi connectivity index (χ4v) is 5.11. The quantitative estimate of drug-likeness (QED) is 0.241. The average molecular weight is 418 g/mol. The maximum atomic E-state index is 12.6. The van der Waals surface area contributed by atoms with Crippen LogP contribution in [0.5, 0.6) is 0 Å². The van der Waals surface area contributed by atoms with Crippen molar-refractivity contribution in [2.45, 2.75) is 70.7 Å². The van der Waals surface area contributed by atoms with Crippen LogP contribution >= 0.6 is 0 Å². The van der Waals surface area contributed by atoms with Crippen LogP contribution in [-0.2, 0) is 33.3 Å². The van der Waals surface area contributed by atoms with Crippen LogP contribution in [0.15, 0.2) is 34.9 Å². The van der Waals surface area contributed by atoms with Gasteiger partial charge in [-0.2, -0.15) is 0 Å². The highest BCUT2D eigenvalue weighted by atomic mass is 16.6. The van der Waals surface area contributed by atoms with Crippen molar-refractivity contribution in [3.05, 3.63) is 34.9 Å². The molecule has 3 fully saturated rings. The molecule has 30 heavy (non-hydrogen) atoms. The summed E-state index contributed by atoms with van der Waals surface area (Å²) in [6, 6.07) is 0. The second kappa shape index (κ2) is 6.78. The van der Waals surface area contributed by atoms with Crippen molar-refractivity contribution in [3.63, 3.8) is 0 Å². The van der Waals surface area contributed by atoms with Crippen LogP contribution in [0.25, 0.3) is 0 Å². The second-order valence-electron chi connectivity index (χ2n) is 8.61. The molecule has 8 atom stereocenters. The van der Waals surface area contributed by atoms with E-state index >= 15 is 0 Å². The minimum absolute atomic E-state index is 0.124. The van der Waals surface area contributed by atoms with Gasteiger partial charge in [0.25, 0.3) is 0 Å². The number of ether oxygens (including phenoxy) is 4. The Morgan fingerprint density at radius 2 is 1.93 bits per heavy atom. The van der Waals surface area contributed by atoms with Gasteiger partial charge in [-0.05, 0) is 38.8 Å². The first-order valence-electron chi connectivity index (χ1n) is 10.00. The van der Waals surface area contributed by atoms with Gasteiger partial charge in [0.1, 0.15) is 23.9 Å². The summed E-state index contributed by atoms with van der Waals surface area (Å²) in [4.78, 5) is 37.0. The lowest BCUT2D eigenvalue weighted by Gasteiger charge is -2.35. The van der Waals surface area contributed by atoms with Gasteiger partial charge < -0.3 is 24.1 Å². The van der Waals surface area contributed by atoms with E-state index in [1.165, 1.54) is 6.92 Å². The third-order valence-corrected chi connectivity index (χ3v) is 6.75. The van der Waals surface area contributed by atoms with Gasteiger partial charge in [0.05, 0.1) is 11.8 Å². The first kappa shape index (κ1) is 20.8. The lowest BCUT2D eigenvalue weighted by atomic mass is 9.78. The predicted molar refractivity (Wildman–Crippen MR) is 103 cm³/mol. The monoisotopic (exact) mass is 418 g/mol. The number of allylic oxidation sites excluding steroid dienone is 1. The number of aliphatic hydroxyl groups is 1. The van der Waals surface area contributed by atoms with E-state index in [0.29, 0.717) is 11.1 Å². The fraction of sp³-hybridized carbons (Fsp3) is 0.591. The Labute approximate surface area is 174 Å². The Balaban J connectivity index is 1.87. The molecule has 2 saturated heterocycles. The molecule has 8 nitrogen and oxygen atoms in total. The van der Waals surface area contributed by atoms with E-state index in [1.54, 1.807) is 33.8 Å². The highest BCUT2D eigenvalue weighted by Crippen LogP contribution is 2.60. The average Bonchev–Trinajstić information content (AvgIpc) is 3.38. The van der Waals surface area contributed by atoms with E-state index in [4.69, 9.17) is 18.9 Å². The molecule has 2 heterocycles. The molecule has 0 spiro atoms. The summed E-state index contributed by atoms with van der Waals surface area (Å²) < 4.78 is 22.7. The van der Waals surface area contributed by atoms with Gasteiger partial charge in [-0.25, -0.2) is 9.59 Å². The minimum atomic E-state index is -1.30. The Kier molecular flexibility index (Phi) is 4.70. The first-order chi connectivity index (χ1) is 14.0. The van der Waals surface area contributed by atoms with Gasteiger partial charge in [0.2, 0.25) is 0 Å². The summed E-state index contributed by atoms with van der Waals surface area (Å²) in [7, 11) is 0. The Hall–Kier alpha value is -2.45. The molecule has 8 heteroatoms. The van der Waals surface area contributed by atoms with Crippen LogP contribution in [0.2, 0.25) is 0 Å². The van der Waals surface area contributed by atoms with Crippen molar-refractivity contribution in [3.8, 4) is 0 Å². The number of epoxide rings is 1. The van der Waals surface area contributed by atoms with E-state index in [-0.39, 0.29) is 11.7 Å². The molecule has 0 unspecified atom stereocenters. The Bertz CT molecular complexity index is 910. The van der Waals surface area contributed by atoms with Crippen molar-refractivity contribution in [2.24, 2.45) is 11.8 Å². The number of rotatable bonds is 3. The maximum absolute atomic E-state index is 12.6. The van der Waals surface area contributed by atoms with E-state index in [2.05, 4.69) is 6.58 Å². The molecule has 2 aliphatic carbocycles. The number of hydrogen-bond acceptors (Lipinski definition) is 8. The van der Waals surface area contributed by atoms with E-state index in [1.807, 2.05) is 0 Å². The highest BCUT2D eigenvalue weighted by Gasteiger charge is 2.72. The van der Waals surface area contributed by atoms with Gasteiger partial charge in [-0.1, -0.05) is 12.7 Å². The molecular weight excluding hydrogens is 392 g/mol. The lowest BCUT2D eigenvalue weighted by molar-refractivity contribution is -0.168. The zero-order chi connectivity index (χ0) is 22.1. The molecule has 0 amide bonds. The van der Waals surface area contributed by atoms with E-state index in [0.717, 1.165) is 5.57 Å². The summed E-state index contributed by atoms with van der Waals surface area (Å²) in [6.45, 7) is 11.9. The van der Waals surface area contributed by atoms with Crippen molar-refractivity contribution in [1.82, 2.24) is 0 Å². The van der Waals surface area contributed by atoms with Gasteiger partial charge >= 0.3 is 17.9 Å². The molecule has 0 radical (unpaired) electrons. The Morgan fingerprint density at radius 3 is 2.53 bits per heavy atom. The summed E-state index contributed by atoms with van der Waals surface area (Å²) in [6.07, 6.45) is -1.99. The smallest absolute Gasteiger partial charge is 0.334 e. The Morgan fingerprint density at radius 1 is 1.27 bits per heavy atom. The fourth-order valence-electron chi connectivity index (χ4n) is 5.11. The van der Waals surface area contributed by atoms with Crippen LogP contribution in [0, 0.1) is 11.8 Å². The molecule has 4 aliphatic rings. The van der Waals surface area contributed by atoms with Crippen LogP contribution in [-0.4, -0.2) is 59.1 Å². The van der Waals surface area contributed by atoms with Gasteiger partial charge in [-0.15, -0.1) is 0 Å².